The zero-order valence-electron chi connectivity index (χ0n) is 13.3. The summed E-state index contributed by atoms with van der Waals surface area (Å²) in [4.78, 5) is 14.5. The predicted octanol–water partition coefficient (Wildman–Crippen LogP) is 3.94. The van der Waals surface area contributed by atoms with Gasteiger partial charge in [0.25, 0.3) is 5.91 Å². The van der Waals surface area contributed by atoms with Crippen molar-refractivity contribution in [3.8, 4) is 5.75 Å². The van der Waals surface area contributed by atoms with Crippen LogP contribution in [0.25, 0.3) is 0 Å². The van der Waals surface area contributed by atoms with Crippen molar-refractivity contribution < 1.29 is 9.53 Å². The van der Waals surface area contributed by atoms with Gasteiger partial charge in [-0.2, -0.15) is 5.10 Å². The second-order valence-corrected chi connectivity index (χ2v) is 6.19. The number of hydrogen-bond donors (Lipinski definition) is 0. The third-order valence-corrected chi connectivity index (χ3v) is 4.66. The van der Waals surface area contributed by atoms with Crippen molar-refractivity contribution >= 4 is 23.2 Å². The number of amides is 1. The molecule has 1 aromatic heterocycles. The number of rotatable bonds is 4. The van der Waals surface area contributed by atoms with Gasteiger partial charge in [0.2, 0.25) is 0 Å². The fraction of sp³-hybridized carbons (Fsp3) is 0.412. The van der Waals surface area contributed by atoms with Gasteiger partial charge in [-0.05, 0) is 37.1 Å². The van der Waals surface area contributed by atoms with E-state index >= 15 is 0 Å². The number of methoxy groups -OCH3 is 1. The van der Waals surface area contributed by atoms with Crippen LogP contribution >= 0.6 is 11.6 Å². The van der Waals surface area contributed by atoms with Gasteiger partial charge in [-0.1, -0.05) is 24.4 Å². The molecule has 0 spiro atoms. The van der Waals surface area contributed by atoms with Crippen molar-refractivity contribution in [2.75, 3.05) is 19.1 Å². The number of anilines is 1. The van der Waals surface area contributed by atoms with E-state index in [1.165, 1.54) is 12.8 Å². The van der Waals surface area contributed by atoms with Gasteiger partial charge in [0.1, 0.15) is 11.4 Å². The minimum atomic E-state index is -0.149. The molecule has 3 rings (SSSR count). The molecule has 1 saturated carbocycles. The lowest BCUT2D eigenvalue weighted by Gasteiger charge is -2.20. The first kappa shape index (κ1) is 15.9. The van der Waals surface area contributed by atoms with Crippen LogP contribution < -0.4 is 9.64 Å². The minimum Gasteiger partial charge on any atom is -0.497 e. The van der Waals surface area contributed by atoms with E-state index in [4.69, 9.17) is 16.3 Å². The highest BCUT2D eigenvalue weighted by molar-refractivity contribution is 6.34. The quantitative estimate of drug-likeness (QED) is 0.851. The standard InChI is InChI=1S/C17H20ClN3O2/c1-20(12-7-9-14(23-2)10-8-12)17(22)16-15(18)11-19-21(16)13-5-3-4-6-13/h7-11,13H,3-6H2,1-2H3. The molecule has 2 aromatic rings. The molecule has 0 radical (unpaired) electrons. The predicted molar refractivity (Wildman–Crippen MR) is 90.5 cm³/mol. The average molecular weight is 334 g/mol. The SMILES string of the molecule is COc1ccc(N(C)C(=O)c2c(Cl)cnn2C2CCCC2)cc1. The van der Waals surface area contributed by atoms with Gasteiger partial charge in [0.05, 0.1) is 24.4 Å². The number of nitrogens with zero attached hydrogens (tertiary/aromatic N) is 3. The Kier molecular flexibility index (Phi) is 4.57. The molecule has 0 bridgehead atoms. The number of halogens is 1. The molecule has 0 saturated heterocycles. The average Bonchev–Trinajstić information content (AvgIpc) is 3.23. The summed E-state index contributed by atoms with van der Waals surface area (Å²) in [6.45, 7) is 0. The largest absolute Gasteiger partial charge is 0.497 e. The summed E-state index contributed by atoms with van der Waals surface area (Å²) < 4.78 is 6.95. The maximum atomic E-state index is 12.9. The third-order valence-electron chi connectivity index (χ3n) is 4.39. The Hall–Kier alpha value is -2.01. The molecule has 6 heteroatoms. The summed E-state index contributed by atoms with van der Waals surface area (Å²) in [6, 6.07) is 7.62. The van der Waals surface area contributed by atoms with Crippen molar-refractivity contribution in [3.63, 3.8) is 0 Å². The van der Waals surface area contributed by atoms with Crippen molar-refractivity contribution in [2.24, 2.45) is 0 Å². The topological polar surface area (TPSA) is 47.4 Å². The Morgan fingerprint density at radius 3 is 2.57 bits per heavy atom. The highest BCUT2D eigenvalue weighted by atomic mass is 35.5. The summed E-state index contributed by atoms with van der Waals surface area (Å²) in [5, 5.41) is 4.74. The van der Waals surface area contributed by atoms with Crippen LogP contribution in [-0.4, -0.2) is 29.8 Å². The van der Waals surface area contributed by atoms with Crippen molar-refractivity contribution in [3.05, 3.63) is 41.2 Å². The molecule has 0 unspecified atom stereocenters. The first-order valence-electron chi connectivity index (χ1n) is 7.77. The van der Waals surface area contributed by atoms with E-state index in [-0.39, 0.29) is 11.9 Å². The lowest BCUT2D eigenvalue weighted by molar-refractivity contribution is 0.0980. The van der Waals surface area contributed by atoms with E-state index in [2.05, 4.69) is 5.10 Å². The number of ether oxygens (including phenoxy) is 1. The zero-order chi connectivity index (χ0) is 16.4. The van der Waals surface area contributed by atoms with Gasteiger partial charge in [-0.25, -0.2) is 0 Å². The molecule has 122 valence electrons. The lowest BCUT2D eigenvalue weighted by Crippen LogP contribution is -2.29. The van der Waals surface area contributed by atoms with Crippen molar-refractivity contribution in [1.82, 2.24) is 9.78 Å². The molecule has 23 heavy (non-hydrogen) atoms. The molecular weight excluding hydrogens is 314 g/mol. The summed E-state index contributed by atoms with van der Waals surface area (Å²) in [5.74, 6) is 0.605. The molecule has 1 fully saturated rings. The second kappa shape index (κ2) is 6.62. The molecule has 0 atom stereocenters. The van der Waals surface area contributed by atoms with Gasteiger partial charge in [-0.3, -0.25) is 9.48 Å². The van der Waals surface area contributed by atoms with E-state index in [0.717, 1.165) is 24.3 Å². The summed E-state index contributed by atoms with van der Waals surface area (Å²) in [7, 11) is 3.36. The van der Waals surface area contributed by atoms with Gasteiger partial charge in [0.15, 0.2) is 0 Å². The van der Waals surface area contributed by atoms with Gasteiger partial charge >= 0.3 is 0 Å². The van der Waals surface area contributed by atoms with Crippen LogP contribution in [-0.2, 0) is 0 Å². The van der Waals surface area contributed by atoms with Gasteiger partial charge in [0, 0.05) is 12.7 Å². The van der Waals surface area contributed by atoms with E-state index in [0.29, 0.717) is 10.7 Å². The van der Waals surface area contributed by atoms with E-state index in [9.17, 15) is 4.79 Å². The number of carbonyl (C=O) groups excluding carboxylic acids is 1. The van der Waals surface area contributed by atoms with Crippen LogP contribution in [0.1, 0.15) is 42.2 Å². The van der Waals surface area contributed by atoms with Crippen LogP contribution in [0.15, 0.2) is 30.5 Å². The Morgan fingerprint density at radius 2 is 1.96 bits per heavy atom. The summed E-state index contributed by atoms with van der Waals surface area (Å²) in [6.07, 6.45) is 6.00. The Balaban J connectivity index is 1.88. The van der Waals surface area contributed by atoms with Gasteiger partial charge in [-0.15, -0.1) is 0 Å². The zero-order valence-corrected chi connectivity index (χ0v) is 14.1. The monoisotopic (exact) mass is 333 g/mol. The number of carbonyl (C=O) groups is 1. The van der Waals surface area contributed by atoms with Crippen LogP contribution in [0.3, 0.4) is 0 Å². The molecule has 1 aliphatic carbocycles. The molecule has 1 amide bonds. The molecule has 1 heterocycles. The van der Waals surface area contributed by atoms with E-state index in [1.807, 2.05) is 24.3 Å². The Bertz CT molecular complexity index is 690. The Labute approximate surface area is 140 Å². The third kappa shape index (κ3) is 3.06. The van der Waals surface area contributed by atoms with E-state index < -0.39 is 0 Å². The van der Waals surface area contributed by atoms with Crippen LogP contribution in [0.2, 0.25) is 5.02 Å². The van der Waals surface area contributed by atoms with Crippen LogP contribution in [0.4, 0.5) is 5.69 Å². The second-order valence-electron chi connectivity index (χ2n) is 5.79. The maximum Gasteiger partial charge on any atom is 0.277 e. The van der Waals surface area contributed by atoms with E-state index in [1.54, 1.807) is 29.9 Å². The molecule has 5 nitrogen and oxygen atoms in total. The highest BCUT2D eigenvalue weighted by Crippen LogP contribution is 2.32. The fourth-order valence-electron chi connectivity index (χ4n) is 3.05. The van der Waals surface area contributed by atoms with Crippen molar-refractivity contribution in [2.45, 2.75) is 31.7 Å². The smallest absolute Gasteiger partial charge is 0.277 e. The minimum absolute atomic E-state index is 0.149. The molecule has 1 aromatic carbocycles. The number of aromatic nitrogens is 2. The normalized spacial score (nSPS) is 14.9. The van der Waals surface area contributed by atoms with Crippen molar-refractivity contribution in [1.29, 1.82) is 0 Å². The molecule has 0 N–H and O–H groups in total. The first-order chi connectivity index (χ1) is 11.1. The summed E-state index contributed by atoms with van der Waals surface area (Å²) in [5.41, 5.74) is 1.25. The van der Waals surface area contributed by atoms with Crippen LogP contribution in [0.5, 0.6) is 5.75 Å². The first-order valence-corrected chi connectivity index (χ1v) is 8.14. The number of benzene rings is 1. The molecular formula is C17H20ClN3O2. The lowest BCUT2D eigenvalue weighted by atomic mass is 10.2. The maximum absolute atomic E-state index is 12.9. The summed E-state index contributed by atoms with van der Waals surface area (Å²) >= 11 is 6.25. The highest BCUT2D eigenvalue weighted by Gasteiger charge is 2.27. The van der Waals surface area contributed by atoms with Crippen LogP contribution in [0, 0.1) is 0 Å². The number of hydrogen-bond acceptors (Lipinski definition) is 3. The molecule has 0 aliphatic heterocycles. The Morgan fingerprint density at radius 1 is 1.30 bits per heavy atom. The molecule has 1 aliphatic rings. The van der Waals surface area contributed by atoms with Gasteiger partial charge < -0.3 is 9.64 Å². The fourth-order valence-corrected chi connectivity index (χ4v) is 3.26.